The molecule has 0 atom stereocenters. The molecule has 0 radical (unpaired) electrons. The summed E-state index contributed by atoms with van der Waals surface area (Å²) in [6.45, 7) is 11.8. The lowest BCUT2D eigenvalue weighted by atomic mass is 10.1. The molecule has 2 aromatic carbocycles. The van der Waals surface area contributed by atoms with E-state index in [9.17, 15) is 4.79 Å². The molecule has 0 fully saturated rings. The summed E-state index contributed by atoms with van der Waals surface area (Å²) < 4.78 is 28.5. The van der Waals surface area contributed by atoms with E-state index in [1.807, 2.05) is 52.8 Å². The average molecular weight is 429 g/mol. The summed E-state index contributed by atoms with van der Waals surface area (Å²) in [7, 11) is 0. The molecule has 0 amide bonds. The zero-order chi connectivity index (χ0) is 22.6. The van der Waals surface area contributed by atoms with Gasteiger partial charge in [0, 0.05) is 5.56 Å². The molecule has 168 valence electrons. The largest absolute Gasteiger partial charge is 0.494 e. The fourth-order valence-electron chi connectivity index (χ4n) is 3.06. The minimum absolute atomic E-state index is 0.252. The maximum absolute atomic E-state index is 13.3. The summed E-state index contributed by atoms with van der Waals surface area (Å²) in [5.41, 5.74) is 1.09. The first-order chi connectivity index (χ1) is 15.1. The fraction of sp³-hybridized carbons (Fsp3) is 0.400. The van der Waals surface area contributed by atoms with Crippen LogP contribution in [0.2, 0.25) is 0 Å². The Hall–Kier alpha value is -3.15. The Kier molecular flexibility index (Phi) is 9.75. The topological polar surface area (TPSA) is 63.2 Å². The van der Waals surface area contributed by atoms with E-state index in [1.54, 1.807) is 18.2 Å². The minimum Gasteiger partial charge on any atom is -0.494 e. The second kappa shape index (κ2) is 12.5. The van der Waals surface area contributed by atoms with Crippen LogP contribution in [0.5, 0.6) is 28.7 Å². The Morgan fingerprint density at radius 3 is 1.90 bits per heavy atom. The van der Waals surface area contributed by atoms with Gasteiger partial charge in [-0.25, -0.2) is 0 Å². The van der Waals surface area contributed by atoms with Gasteiger partial charge >= 0.3 is 0 Å². The van der Waals surface area contributed by atoms with Crippen LogP contribution in [0.3, 0.4) is 0 Å². The minimum atomic E-state index is -0.252. The van der Waals surface area contributed by atoms with E-state index in [4.69, 9.17) is 23.7 Å². The van der Waals surface area contributed by atoms with Gasteiger partial charge in [0.1, 0.15) is 22.8 Å². The maximum atomic E-state index is 13.3. The van der Waals surface area contributed by atoms with Crippen molar-refractivity contribution in [3.8, 4) is 28.7 Å². The molecule has 0 aliphatic carbocycles. The van der Waals surface area contributed by atoms with Crippen LogP contribution in [-0.4, -0.2) is 38.8 Å². The third kappa shape index (κ3) is 6.41. The molecule has 6 nitrogen and oxygen atoms in total. The van der Waals surface area contributed by atoms with Crippen molar-refractivity contribution in [3.63, 3.8) is 0 Å². The molecule has 2 aromatic rings. The Bertz CT molecular complexity index is 888. The van der Waals surface area contributed by atoms with Crippen LogP contribution in [0.15, 0.2) is 36.4 Å². The number of ether oxygens (including phenoxy) is 5. The second-order valence-electron chi connectivity index (χ2n) is 6.33. The maximum Gasteiger partial charge on any atom is 0.193 e. The highest BCUT2D eigenvalue weighted by Gasteiger charge is 2.22. The van der Waals surface area contributed by atoms with Gasteiger partial charge in [-0.15, -0.1) is 0 Å². The lowest BCUT2D eigenvalue weighted by Crippen LogP contribution is -2.08. The van der Waals surface area contributed by atoms with Crippen LogP contribution in [0.25, 0.3) is 6.08 Å². The van der Waals surface area contributed by atoms with Gasteiger partial charge in [-0.1, -0.05) is 0 Å². The number of rotatable bonds is 13. The zero-order valence-corrected chi connectivity index (χ0v) is 19.0. The summed E-state index contributed by atoms with van der Waals surface area (Å²) in [5, 5.41) is 0. The van der Waals surface area contributed by atoms with E-state index in [0.29, 0.717) is 67.3 Å². The third-order valence-corrected chi connectivity index (χ3v) is 4.22. The quantitative estimate of drug-likeness (QED) is 0.307. The second-order valence-corrected chi connectivity index (χ2v) is 6.33. The Balaban J connectivity index is 2.49. The highest BCUT2D eigenvalue weighted by molar-refractivity contribution is 6.11. The summed E-state index contributed by atoms with van der Waals surface area (Å²) in [6.07, 6.45) is 3.21. The molecule has 0 saturated heterocycles. The number of carbonyl (C=O) groups excluding carboxylic acids is 1. The highest BCUT2D eigenvalue weighted by atomic mass is 16.5. The van der Waals surface area contributed by atoms with Gasteiger partial charge in [0.2, 0.25) is 0 Å². The lowest BCUT2D eigenvalue weighted by Gasteiger charge is -2.17. The van der Waals surface area contributed by atoms with Crippen molar-refractivity contribution < 1.29 is 28.5 Å². The van der Waals surface area contributed by atoms with Gasteiger partial charge in [-0.3, -0.25) is 4.79 Å². The molecular formula is C25H32O6. The molecule has 0 unspecified atom stereocenters. The van der Waals surface area contributed by atoms with Crippen molar-refractivity contribution in [2.75, 3.05) is 33.0 Å². The lowest BCUT2D eigenvalue weighted by molar-refractivity contribution is 0.103. The van der Waals surface area contributed by atoms with Crippen LogP contribution in [0.1, 0.15) is 50.5 Å². The van der Waals surface area contributed by atoms with Crippen LogP contribution >= 0.6 is 0 Å². The molecule has 2 rings (SSSR count). The first-order valence-corrected chi connectivity index (χ1v) is 10.8. The van der Waals surface area contributed by atoms with E-state index in [2.05, 4.69) is 0 Å². The van der Waals surface area contributed by atoms with Crippen molar-refractivity contribution in [2.45, 2.75) is 34.6 Å². The third-order valence-electron chi connectivity index (χ3n) is 4.22. The highest BCUT2D eigenvalue weighted by Crippen LogP contribution is 2.39. The number of ketones is 1. The molecule has 6 heteroatoms. The molecular weight excluding hydrogens is 396 g/mol. The Morgan fingerprint density at radius 1 is 0.710 bits per heavy atom. The fourth-order valence-corrected chi connectivity index (χ4v) is 3.06. The molecule has 31 heavy (non-hydrogen) atoms. The molecule has 0 heterocycles. The van der Waals surface area contributed by atoms with Gasteiger partial charge in [-0.2, -0.15) is 0 Å². The van der Waals surface area contributed by atoms with Crippen molar-refractivity contribution in [1.82, 2.24) is 0 Å². The normalized spacial score (nSPS) is 10.7. The van der Waals surface area contributed by atoms with E-state index >= 15 is 0 Å². The first kappa shape index (κ1) is 24.1. The van der Waals surface area contributed by atoms with Crippen molar-refractivity contribution in [1.29, 1.82) is 0 Å². The summed E-state index contributed by atoms with van der Waals surface area (Å²) in [4.78, 5) is 13.3. The number of hydrogen-bond donors (Lipinski definition) is 0. The molecule has 0 aliphatic heterocycles. The molecule has 0 spiro atoms. The Morgan fingerprint density at radius 2 is 1.26 bits per heavy atom. The van der Waals surface area contributed by atoms with Gasteiger partial charge in [0.25, 0.3) is 0 Å². The summed E-state index contributed by atoms with van der Waals surface area (Å²) in [6, 6.07) is 9.03. The molecule has 0 saturated carbocycles. The average Bonchev–Trinajstić information content (AvgIpc) is 2.76. The van der Waals surface area contributed by atoms with Crippen LogP contribution in [0, 0.1) is 0 Å². The predicted octanol–water partition coefficient (Wildman–Crippen LogP) is 5.58. The van der Waals surface area contributed by atoms with Gasteiger partial charge in [0.15, 0.2) is 17.3 Å². The molecule has 0 N–H and O–H groups in total. The van der Waals surface area contributed by atoms with Crippen LogP contribution in [-0.2, 0) is 0 Å². The van der Waals surface area contributed by atoms with Gasteiger partial charge < -0.3 is 23.7 Å². The van der Waals surface area contributed by atoms with Crippen molar-refractivity contribution in [3.05, 3.63) is 47.5 Å². The molecule has 0 bridgehead atoms. The monoisotopic (exact) mass is 428 g/mol. The van der Waals surface area contributed by atoms with Crippen LogP contribution < -0.4 is 23.7 Å². The van der Waals surface area contributed by atoms with E-state index in [0.717, 1.165) is 5.56 Å². The summed E-state index contributed by atoms with van der Waals surface area (Å²) in [5.74, 6) is 2.49. The SMILES string of the molecule is CCOc1ccc(OCC)c(C=CC(=O)c2c(OCC)ccc(OCC)c2OCC)c1. The van der Waals surface area contributed by atoms with E-state index in [1.165, 1.54) is 6.08 Å². The predicted molar refractivity (Wildman–Crippen MR) is 122 cm³/mol. The van der Waals surface area contributed by atoms with Crippen molar-refractivity contribution >= 4 is 11.9 Å². The zero-order valence-electron chi connectivity index (χ0n) is 19.0. The standard InChI is InChI=1S/C25H32O6/c1-6-27-19-12-14-21(28-7-2)18(17-19)11-13-20(26)24-22(29-8-3)15-16-23(30-9-4)25(24)31-10-5/h11-17H,6-10H2,1-5H3. The number of benzene rings is 2. The van der Waals surface area contributed by atoms with Gasteiger partial charge in [0.05, 0.1) is 33.0 Å². The van der Waals surface area contributed by atoms with E-state index < -0.39 is 0 Å². The number of hydrogen-bond acceptors (Lipinski definition) is 6. The number of carbonyl (C=O) groups is 1. The van der Waals surface area contributed by atoms with Crippen LogP contribution in [0.4, 0.5) is 0 Å². The van der Waals surface area contributed by atoms with E-state index in [-0.39, 0.29) is 5.78 Å². The smallest absolute Gasteiger partial charge is 0.193 e. The number of allylic oxidation sites excluding steroid dienone is 1. The van der Waals surface area contributed by atoms with Crippen molar-refractivity contribution in [2.24, 2.45) is 0 Å². The van der Waals surface area contributed by atoms with Gasteiger partial charge in [-0.05, 0) is 77.1 Å². The molecule has 0 aromatic heterocycles. The summed E-state index contributed by atoms with van der Waals surface area (Å²) >= 11 is 0. The Labute approximate surface area is 184 Å². The first-order valence-electron chi connectivity index (χ1n) is 10.8. The molecule has 0 aliphatic rings.